The van der Waals surface area contributed by atoms with Crippen LogP contribution in [0.2, 0.25) is 0 Å². The van der Waals surface area contributed by atoms with E-state index < -0.39 is 0 Å². The summed E-state index contributed by atoms with van der Waals surface area (Å²) in [6, 6.07) is 6.25. The Morgan fingerprint density at radius 3 is 2.65 bits per heavy atom. The van der Waals surface area contributed by atoms with Crippen LogP contribution in [-0.2, 0) is 6.54 Å². The monoisotopic (exact) mass is 277 g/mol. The van der Waals surface area contributed by atoms with E-state index in [2.05, 4.69) is 9.98 Å². The van der Waals surface area contributed by atoms with E-state index >= 15 is 0 Å². The van der Waals surface area contributed by atoms with Crippen LogP contribution in [0.25, 0.3) is 0 Å². The van der Waals surface area contributed by atoms with E-state index in [0.717, 1.165) is 31.5 Å². The lowest BCUT2D eigenvalue weighted by Gasteiger charge is -2.27. The number of nitrogens with two attached hydrogens (primary N) is 2. The number of aliphatic imine (C=N–C) groups is 2. The Labute approximate surface area is 118 Å². The molecule has 0 aliphatic carbocycles. The van der Waals surface area contributed by atoms with Gasteiger partial charge in [-0.3, -0.25) is 0 Å². The number of halogens is 1. The summed E-state index contributed by atoms with van der Waals surface area (Å²) in [5, 5.41) is 0. The molecule has 1 saturated heterocycles. The van der Waals surface area contributed by atoms with Crippen molar-refractivity contribution in [2.45, 2.75) is 25.8 Å². The highest BCUT2D eigenvalue weighted by Gasteiger charge is 2.12. The topological polar surface area (TPSA) is 80.0 Å². The van der Waals surface area contributed by atoms with Crippen molar-refractivity contribution in [2.24, 2.45) is 21.5 Å². The van der Waals surface area contributed by atoms with Gasteiger partial charge in [0.25, 0.3) is 0 Å². The van der Waals surface area contributed by atoms with Crippen LogP contribution < -0.4 is 11.5 Å². The molecule has 6 heteroatoms. The highest BCUT2D eigenvalue weighted by atomic mass is 19.1. The molecular formula is C14H20FN5. The molecule has 1 aliphatic heterocycles. The Morgan fingerprint density at radius 2 is 1.95 bits per heavy atom. The molecule has 0 saturated carbocycles. The van der Waals surface area contributed by atoms with Crippen LogP contribution in [0.1, 0.15) is 24.8 Å². The molecule has 108 valence electrons. The molecule has 5 nitrogen and oxygen atoms in total. The first-order valence-corrected chi connectivity index (χ1v) is 6.78. The van der Waals surface area contributed by atoms with Crippen LogP contribution in [0, 0.1) is 5.82 Å². The van der Waals surface area contributed by atoms with Gasteiger partial charge in [0, 0.05) is 13.1 Å². The molecule has 0 spiro atoms. The van der Waals surface area contributed by atoms with Crippen molar-refractivity contribution in [1.82, 2.24) is 4.90 Å². The SMILES string of the molecule is NC(=NCc1cccc(F)c1)/N=C(\N)N1CCCCC1. The molecular weight excluding hydrogens is 257 g/mol. The van der Waals surface area contributed by atoms with E-state index in [-0.39, 0.29) is 11.8 Å². The second kappa shape index (κ2) is 6.88. The summed E-state index contributed by atoms with van der Waals surface area (Å²) in [5.41, 5.74) is 12.4. The summed E-state index contributed by atoms with van der Waals surface area (Å²) in [6.07, 6.45) is 3.47. The van der Waals surface area contributed by atoms with Gasteiger partial charge in [-0.05, 0) is 37.0 Å². The Morgan fingerprint density at radius 1 is 1.20 bits per heavy atom. The molecule has 4 N–H and O–H groups in total. The normalized spacial score (nSPS) is 17.4. The largest absolute Gasteiger partial charge is 0.369 e. The van der Waals surface area contributed by atoms with Crippen molar-refractivity contribution < 1.29 is 4.39 Å². The molecule has 0 amide bonds. The van der Waals surface area contributed by atoms with Gasteiger partial charge in [0.1, 0.15) is 5.82 Å². The maximum absolute atomic E-state index is 13.0. The van der Waals surface area contributed by atoms with Gasteiger partial charge in [-0.2, -0.15) is 4.99 Å². The van der Waals surface area contributed by atoms with Gasteiger partial charge in [-0.1, -0.05) is 12.1 Å². The van der Waals surface area contributed by atoms with E-state index in [0.29, 0.717) is 12.5 Å². The minimum absolute atomic E-state index is 0.123. The predicted octanol–water partition coefficient (Wildman–Crippen LogP) is 1.44. The van der Waals surface area contributed by atoms with Gasteiger partial charge < -0.3 is 16.4 Å². The van der Waals surface area contributed by atoms with E-state index in [4.69, 9.17) is 11.5 Å². The Hall–Kier alpha value is -2.11. The van der Waals surface area contributed by atoms with E-state index in [9.17, 15) is 4.39 Å². The Kier molecular flexibility index (Phi) is 4.92. The van der Waals surface area contributed by atoms with Gasteiger partial charge in [0.2, 0.25) is 5.96 Å². The molecule has 1 heterocycles. The first-order chi connectivity index (χ1) is 9.65. The highest BCUT2D eigenvalue weighted by Crippen LogP contribution is 2.08. The first kappa shape index (κ1) is 14.3. The lowest BCUT2D eigenvalue weighted by molar-refractivity contribution is 0.339. The van der Waals surface area contributed by atoms with E-state index in [1.54, 1.807) is 12.1 Å². The number of likely N-dealkylation sites (tertiary alicyclic amines) is 1. The summed E-state index contributed by atoms with van der Waals surface area (Å²) >= 11 is 0. The first-order valence-electron chi connectivity index (χ1n) is 6.78. The minimum Gasteiger partial charge on any atom is -0.369 e. The number of hydrogen-bond donors (Lipinski definition) is 2. The van der Waals surface area contributed by atoms with Crippen molar-refractivity contribution >= 4 is 11.9 Å². The molecule has 0 aromatic heterocycles. The summed E-state index contributed by atoms with van der Waals surface area (Å²) in [7, 11) is 0. The van der Waals surface area contributed by atoms with Crippen molar-refractivity contribution in [2.75, 3.05) is 13.1 Å². The average Bonchev–Trinajstić information content (AvgIpc) is 2.46. The maximum Gasteiger partial charge on any atom is 0.218 e. The zero-order valence-electron chi connectivity index (χ0n) is 11.4. The average molecular weight is 277 g/mol. The third-order valence-electron chi connectivity index (χ3n) is 3.22. The van der Waals surface area contributed by atoms with Gasteiger partial charge >= 0.3 is 0 Å². The molecule has 1 aliphatic rings. The lowest BCUT2D eigenvalue weighted by Crippen LogP contribution is -2.41. The summed E-state index contributed by atoms with van der Waals surface area (Å²) in [4.78, 5) is 10.2. The Bertz CT molecular complexity index is 506. The van der Waals surface area contributed by atoms with Crippen molar-refractivity contribution in [3.05, 3.63) is 35.6 Å². The molecule has 0 bridgehead atoms. The highest BCUT2D eigenvalue weighted by molar-refractivity contribution is 5.93. The zero-order valence-corrected chi connectivity index (χ0v) is 11.4. The number of rotatable bonds is 2. The van der Waals surface area contributed by atoms with Crippen LogP contribution in [-0.4, -0.2) is 29.9 Å². The predicted molar refractivity (Wildman–Crippen MR) is 78.8 cm³/mol. The number of piperidine rings is 1. The van der Waals surface area contributed by atoms with Gasteiger partial charge in [-0.25, -0.2) is 9.38 Å². The van der Waals surface area contributed by atoms with Crippen LogP contribution in [0.15, 0.2) is 34.3 Å². The number of hydrogen-bond acceptors (Lipinski definition) is 1. The van der Waals surface area contributed by atoms with Crippen molar-refractivity contribution in [3.63, 3.8) is 0 Å². The molecule has 1 aromatic rings. The third-order valence-corrected chi connectivity index (χ3v) is 3.22. The number of benzene rings is 1. The third kappa shape index (κ3) is 4.22. The summed E-state index contributed by atoms with van der Waals surface area (Å²) in [5.74, 6) is 0.245. The fourth-order valence-electron chi connectivity index (χ4n) is 2.15. The van der Waals surface area contributed by atoms with E-state index in [1.807, 2.05) is 4.90 Å². The maximum atomic E-state index is 13.0. The van der Waals surface area contributed by atoms with Crippen LogP contribution >= 0.6 is 0 Å². The molecule has 0 atom stereocenters. The molecule has 2 rings (SSSR count). The molecule has 1 fully saturated rings. The van der Waals surface area contributed by atoms with Crippen molar-refractivity contribution in [1.29, 1.82) is 0 Å². The smallest absolute Gasteiger partial charge is 0.218 e. The standard InChI is InChI=1S/C14H20FN5/c15-12-6-4-5-11(9-12)10-18-13(16)19-14(17)20-7-2-1-3-8-20/h4-6,9H,1-3,7-8,10H2,(H4,16,17,18,19). The zero-order chi connectivity index (χ0) is 14.4. The van der Waals surface area contributed by atoms with Gasteiger partial charge in [-0.15, -0.1) is 0 Å². The molecule has 1 aromatic carbocycles. The van der Waals surface area contributed by atoms with Crippen LogP contribution in [0.5, 0.6) is 0 Å². The minimum atomic E-state index is -0.285. The fourth-order valence-corrected chi connectivity index (χ4v) is 2.15. The molecule has 20 heavy (non-hydrogen) atoms. The van der Waals surface area contributed by atoms with Crippen LogP contribution in [0.4, 0.5) is 4.39 Å². The lowest BCUT2D eigenvalue weighted by atomic mass is 10.1. The summed E-state index contributed by atoms with van der Waals surface area (Å²) < 4.78 is 13.0. The second-order valence-electron chi connectivity index (χ2n) is 4.82. The van der Waals surface area contributed by atoms with Crippen molar-refractivity contribution in [3.8, 4) is 0 Å². The molecule has 0 unspecified atom stereocenters. The van der Waals surface area contributed by atoms with Gasteiger partial charge in [0.15, 0.2) is 5.96 Å². The van der Waals surface area contributed by atoms with Gasteiger partial charge in [0.05, 0.1) is 6.54 Å². The molecule has 0 radical (unpaired) electrons. The fraction of sp³-hybridized carbons (Fsp3) is 0.429. The van der Waals surface area contributed by atoms with Crippen LogP contribution in [0.3, 0.4) is 0 Å². The quantitative estimate of drug-likeness (QED) is 0.634. The Balaban J connectivity index is 1.95. The second-order valence-corrected chi connectivity index (χ2v) is 4.82. The number of nitrogens with zero attached hydrogens (tertiary/aromatic N) is 3. The number of guanidine groups is 2. The van der Waals surface area contributed by atoms with E-state index in [1.165, 1.54) is 18.6 Å². The summed E-state index contributed by atoms with van der Waals surface area (Å²) in [6.45, 7) is 2.11.